The van der Waals surface area contributed by atoms with Crippen LogP contribution in [0.15, 0.2) is 24.3 Å². The maximum absolute atomic E-state index is 8.47. The van der Waals surface area contributed by atoms with Crippen LogP contribution < -0.4 is 17.2 Å². The molecule has 0 heterocycles. The van der Waals surface area contributed by atoms with E-state index >= 15 is 0 Å². The molecule has 0 aromatic heterocycles. The summed E-state index contributed by atoms with van der Waals surface area (Å²) in [6, 6.07) is 8.28. The highest BCUT2D eigenvalue weighted by molar-refractivity contribution is 6.39. The lowest BCUT2D eigenvalue weighted by atomic mass is 10.2. The molecule has 0 radical (unpaired) electrons. The summed E-state index contributed by atoms with van der Waals surface area (Å²) in [5.41, 5.74) is 18.3. The van der Waals surface area contributed by atoms with E-state index in [4.69, 9.17) is 68.9 Å². The SMILES string of the molecule is N#Cc1cc(Cl)c(N)c(Cl)c1.NCc1cc(Cl)c(N)c(Cl)c1. The quantitative estimate of drug-likeness (QED) is 0.637. The molecule has 4 nitrogen and oxygen atoms in total. The van der Waals surface area contributed by atoms with E-state index in [0.717, 1.165) is 5.56 Å². The van der Waals surface area contributed by atoms with E-state index in [1.54, 1.807) is 12.1 Å². The molecule has 0 amide bonds. The molecule has 116 valence electrons. The van der Waals surface area contributed by atoms with Gasteiger partial charge in [0.1, 0.15) is 0 Å². The number of benzene rings is 2. The Morgan fingerprint density at radius 3 is 1.50 bits per heavy atom. The van der Waals surface area contributed by atoms with Crippen LogP contribution in [0.2, 0.25) is 20.1 Å². The average Bonchev–Trinajstić information content (AvgIpc) is 2.49. The van der Waals surface area contributed by atoms with Gasteiger partial charge in [0.15, 0.2) is 0 Å². The van der Waals surface area contributed by atoms with Gasteiger partial charge in [0.25, 0.3) is 0 Å². The lowest BCUT2D eigenvalue weighted by molar-refractivity contribution is 1.07. The molecule has 0 spiro atoms. The van der Waals surface area contributed by atoms with E-state index in [9.17, 15) is 0 Å². The molecular weight excluding hydrogens is 366 g/mol. The molecule has 0 aliphatic heterocycles. The van der Waals surface area contributed by atoms with Crippen molar-refractivity contribution >= 4 is 57.8 Å². The van der Waals surface area contributed by atoms with Gasteiger partial charge in [-0.1, -0.05) is 46.4 Å². The van der Waals surface area contributed by atoms with Gasteiger partial charge in [0.2, 0.25) is 0 Å². The van der Waals surface area contributed by atoms with E-state index in [-0.39, 0.29) is 0 Å². The van der Waals surface area contributed by atoms with Gasteiger partial charge >= 0.3 is 0 Å². The molecule has 0 bridgehead atoms. The number of nitriles is 1. The highest BCUT2D eigenvalue weighted by Gasteiger charge is 2.03. The monoisotopic (exact) mass is 376 g/mol. The number of hydrogen-bond donors (Lipinski definition) is 3. The summed E-state index contributed by atoms with van der Waals surface area (Å²) in [6.07, 6.45) is 0. The second-order valence-electron chi connectivity index (χ2n) is 4.14. The molecule has 2 aromatic carbocycles. The summed E-state index contributed by atoms with van der Waals surface area (Å²) in [5.74, 6) is 0. The van der Waals surface area contributed by atoms with Gasteiger partial charge in [-0.15, -0.1) is 0 Å². The highest BCUT2D eigenvalue weighted by atomic mass is 35.5. The topological polar surface area (TPSA) is 102 Å². The zero-order valence-corrected chi connectivity index (χ0v) is 14.2. The first-order valence-corrected chi connectivity index (χ1v) is 7.39. The van der Waals surface area contributed by atoms with Crippen LogP contribution in [0.25, 0.3) is 0 Å². The van der Waals surface area contributed by atoms with Crippen molar-refractivity contribution in [3.63, 3.8) is 0 Å². The van der Waals surface area contributed by atoms with Crippen molar-refractivity contribution in [3.8, 4) is 6.07 Å². The summed E-state index contributed by atoms with van der Waals surface area (Å²) >= 11 is 22.7. The molecular formula is C14H12Cl4N4. The van der Waals surface area contributed by atoms with Crippen molar-refractivity contribution in [1.29, 1.82) is 5.26 Å². The largest absolute Gasteiger partial charge is 0.396 e. The Hall–Kier alpha value is -1.35. The summed E-state index contributed by atoms with van der Waals surface area (Å²) < 4.78 is 0. The molecule has 0 aliphatic rings. The Morgan fingerprint density at radius 1 is 0.818 bits per heavy atom. The summed E-state index contributed by atoms with van der Waals surface area (Å²) in [7, 11) is 0. The highest BCUT2D eigenvalue weighted by Crippen LogP contribution is 2.29. The number of nitrogens with two attached hydrogens (primary N) is 3. The van der Waals surface area contributed by atoms with Gasteiger partial charge in [-0.3, -0.25) is 0 Å². The van der Waals surface area contributed by atoms with Gasteiger partial charge < -0.3 is 17.2 Å². The van der Waals surface area contributed by atoms with Crippen molar-refractivity contribution in [1.82, 2.24) is 0 Å². The molecule has 0 fully saturated rings. The minimum absolute atomic E-state index is 0.312. The van der Waals surface area contributed by atoms with E-state index in [1.807, 2.05) is 6.07 Å². The van der Waals surface area contributed by atoms with Crippen LogP contribution in [0.1, 0.15) is 11.1 Å². The van der Waals surface area contributed by atoms with Crippen molar-refractivity contribution in [2.24, 2.45) is 5.73 Å². The first-order valence-electron chi connectivity index (χ1n) is 5.88. The fraction of sp³-hybridized carbons (Fsp3) is 0.0714. The van der Waals surface area contributed by atoms with Gasteiger partial charge in [0, 0.05) is 6.54 Å². The fourth-order valence-electron chi connectivity index (χ4n) is 1.40. The van der Waals surface area contributed by atoms with Crippen LogP contribution in [-0.4, -0.2) is 0 Å². The molecule has 0 aliphatic carbocycles. The minimum atomic E-state index is 0.312. The average molecular weight is 378 g/mol. The van der Waals surface area contributed by atoms with E-state index < -0.39 is 0 Å². The van der Waals surface area contributed by atoms with Crippen LogP contribution >= 0.6 is 46.4 Å². The normalized spacial score (nSPS) is 9.64. The lowest BCUT2D eigenvalue weighted by Gasteiger charge is -2.03. The predicted octanol–water partition coefficient (Wildman–Crippen LogP) is 4.48. The lowest BCUT2D eigenvalue weighted by Crippen LogP contribution is -1.97. The fourth-order valence-corrected chi connectivity index (χ4v) is 2.42. The van der Waals surface area contributed by atoms with Gasteiger partial charge in [0.05, 0.1) is 43.1 Å². The van der Waals surface area contributed by atoms with Crippen LogP contribution in [0.5, 0.6) is 0 Å². The number of rotatable bonds is 1. The molecule has 2 aromatic rings. The molecule has 22 heavy (non-hydrogen) atoms. The summed E-state index contributed by atoms with van der Waals surface area (Å²) in [6.45, 7) is 0.416. The molecule has 0 saturated heterocycles. The van der Waals surface area contributed by atoms with Gasteiger partial charge in [-0.25, -0.2) is 0 Å². The third-order valence-corrected chi connectivity index (χ3v) is 3.83. The molecule has 0 saturated carbocycles. The number of hydrogen-bond acceptors (Lipinski definition) is 4. The van der Waals surface area contributed by atoms with Crippen LogP contribution in [-0.2, 0) is 6.54 Å². The Labute approximate surface area is 148 Å². The van der Waals surface area contributed by atoms with E-state index in [0.29, 0.717) is 43.6 Å². The zero-order valence-electron chi connectivity index (χ0n) is 11.2. The number of nitrogen functional groups attached to an aromatic ring is 2. The maximum Gasteiger partial charge on any atom is 0.0992 e. The van der Waals surface area contributed by atoms with Crippen molar-refractivity contribution < 1.29 is 0 Å². The third-order valence-electron chi connectivity index (χ3n) is 2.58. The second-order valence-corrected chi connectivity index (χ2v) is 5.77. The molecule has 0 unspecified atom stereocenters. The third kappa shape index (κ3) is 4.84. The Balaban J connectivity index is 0.000000220. The van der Waals surface area contributed by atoms with Crippen LogP contribution in [0.3, 0.4) is 0 Å². The molecule has 8 heteroatoms. The van der Waals surface area contributed by atoms with Crippen molar-refractivity contribution in [3.05, 3.63) is 55.5 Å². The number of halogens is 4. The summed E-state index contributed by atoms with van der Waals surface area (Å²) in [5, 5.41) is 10.0. The Morgan fingerprint density at radius 2 is 1.18 bits per heavy atom. The molecule has 0 atom stereocenters. The van der Waals surface area contributed by atoms with E-state index in [1.165, 1.54) is 12.1 Å². The first kappa shape index (κ1) is 18.7. The number of anilines is 2. The number of nitrogens with zero attached hydrogens (tertiary/aromatic N) is 1. The first-order chi connectivity index (χ1) is 10.3. The smallest absolute Gasteiger partial charge is 0.0992 e. The molecule has 2 rings (SSSR count). The van der Waals surface area contributed by atoms with Crippen LogP contribution in [0.4, 0.5) is 11.4 Å². The summed E-state index contributed by atoms with van der Waals surface area (Å²) in [4.78, 5) is 0. The zero-order chi connectivity index (χ0) is 16.9. The van der Waals surface area contributed by atoms with Gasteiger partial charge in [-0.2, -0.15) is 5.26 Å². The minimum Gasteiger partial charge on any atom is -0.396 e. The van der Waals surface area contributed by atoms with Crippen molar-refractivity contribution in [2.75, 3.05) is 11.5 Å². The predicted molar refractivity (Wildman–Crippen MR) is 94.4 cm³/mol. The van der Waals surface area contributed by atoms with Gasteiger partial charge in [-0.05, 0) is 29.8 Å². The van der Waals surface area contributed by atoms with E-state index in [2.05, 4.69) is 0 Å². The maximum atomic E-state index is 8.47. The van der Waals surface area contributed by atoms with Crippen LogP contribution in [0, 0.1) is 11.3 Å². The molecule has 6 N–H and O–H groups in total. The second kappa shape index (κ2) is 8.33. The van der Waals surface area contributed by atoms with Crippen molar-refractivity contribution in [2.45, 2.75) is 6.54 Å². The Bertz CT molecular complexity index is 679. The Kier molecular flexibility index (Phi) is 7.08. The standard InChI is InChI=1S/C7H8Cl2N2.C7H4Cl2N2/c2*8-5-1-4(3-10)2-6(9)7(5)11/h1-2H,3,10-11H2;1-2H,11H2.